The van der Waals surface area contributed by atoms with Crippen LogP contribution in [0.3, 0.4) is 0 Å². The predicted octanol–water partition coefficient (Wildman–Crippen LogP) is 2.91. The summed E-state index contributed by atoms with van der Waals surface area (Å²) < 4.78 is 11.8. The van der Waals surface area contributed by atoms with Crippen molar-refractivity contribution in [3.8, 4) is 5.75 Å². The van der Waals surface area contributed by atoms with Crippen LogP contribution in [0.5, 0.6) is 5.75 Å². The number of nitrogens with zero attached hydrogens (tertiary/aromatic N) is 3. The SMILES string of the molecule is C[C@@H](Nc1nnc([C@H]2[C@H]3Oc4ccccc4[C@H]32)o1)C(=O)N1CCC2(CC1)CC2. The Hall–Kier alpha value is -2.57. The van der Waals surface area contributed by atoms with Crippen molar-refractivity contribution in [2.24, 2.45) is 5.41 Å². The molecular formula is C21H24N4O3. The Morgan fingerprint density at radius 1 is 1.18 bits per heavy atom. The number of hydrogen-bond acceptors (Lipinski definition) is 6. The largest absolute Gasteiger partial charge is 0.489 e. The van der Waals surface area contributed by atoms with Crippen molar-refractivity contribution in [2.75, 3.05) is 18.4 Å². The molecule has 7 nitrogen and oxygen atoms in total. The predicted molar refractivity (Wildman–Crippen MR) is 101 cm³/mol. The molecule has 3 fully saturated rings. The van der Waals surface area contributed by atoms with Crippen molar-refractivity contribution in [2.45, 2.75) is 56.6 Å². The maximum atomic E-state index is 12.7. The summed E-state index contributed by atoms with van der Waals surface area (Å²) in [4.78, 5) is 14.7. The Morgan fingerprint density at radius 3 is 2.75 bits per heavy atom. The van der Waals surface area contributed by atoms with Crippen molar-refractivity contribution < 1.29 is 13.9 Å². The number of aromatic nitrogens is 2. The first-order chi connectivity index (χ1) is 13.6. The number of ether oxygens (including phenoxy) is 1. The Labute approximate surface area is 163 Å². The minimum atomic E-state index is -0.378. The normalized spacial score (nSPS) is 29.6. The molecule has 2 aliphatic carbocycles. The molecule has 1 aromatic carbocycles. The third kappa shape index (κ3) is 2.52. The summed E-state index contributed by atoms with van der Waals surface area (Å²) in [5.74, 6) is 2.06. The lowest BCUT2D eigenvalue weighted by atomic mass is 9.93. The molecule has 1 amide bonds. The second-order valence-corrected chi connectivity index (χ2v) is 8.81. The molecule has 1 aromatic heterocycles. The highest BCUT2D eigenvalue weighted by atomic mass is 16.5. The molecule has 146 valence electrons. The van der Waals surface area contributed by atoms with Gasteiger partial charge in [-0.05, 0) is 44.1 Å². The van der Waals surface area contributed by atoms with Crippen LogP contribution < -0.4 is 10.1 Å². The minimum absolute atomic E-state index is 0.0906. The summed E-state index contributed by atoms with van der Waals surface area (Å²) in [6, 6.07) is 8.04. The van der Waals surface area contributed by atoms with Crippen LogP contribution in [0.2, 0.25) is 0 Å². The van der Waals surface area contributed by atoms with Crippen LogP contribution in [0.15, 0.2) is 28.7 Å². The first-order valence-corrected chi connectivity index (χ1v) is 10.3. The van der Waals surface area contributed by atoms with E-state index in [9.17, 15) is 4.79 Å². The maximum absolute atomic E-state index is 12.7. The van der Waals surface area contributed by atoms with E-state index in [1.54, 1.807) is 0 Å². The van der Waals surface area contributed by atoms with Gasteiger partial charge in [0.2, 0.25) is 11.8 Å². The van der Waals surface area contributed by atoms with Crippen LogP contribution in [0, 0.1) is 5.41 Å². The molecule has 0 bridgehead atoms. The zero-order chi connectivity index (χ0) is 18.9. The van der Waals surface area contributed by atoms with Crippen molar-refractivity contribution >= 4 is 11.9 Å². The van der Waals surface area contributed by atoms with E-state index in [2.05, 4.69) is 21.6 Å². The third-order valence-electron chi connectivity index (χ3n) is 7.02. The third-order valence-corrected chi connectivity index (χ3v) is 7.02. The Balaban J connectivity index is 1.09. The van der Waals surface area contributed by atoms with Crippen LogP contribution in [0.25, 0.3) is 0 Å². The Morgan fingerprint density at radius 2 is 1.96 bits per heavy atom. The molecule has 3 heterocycles. The number of hydrogen-bond donors (Lipinski definition) is 1. The van der Waals surface area contributed by atoms with Gasteiger partial charge in [0.25, 0.3) is 0 Å². The number of piperidine rings is 1. The lowest BCUT2D eigenvalue weighted by Crippen LogP contribution is -2.45. The molecule has 1 spiro atoms. The van der Waals surface area contributed by atoms with E-state index in [1.165, 1.54) is 18.4 Å². The minimum Gasteiger partial charge on any atom is -0.489 e. The summed E-state index contributed by atoms with van der Waals surface area (Å²) in [6.45, 7) is 3.59. The van der Waals surface area contributed by atoms with Gasteiger partial charge in [-0.3, -0.25) is 4.79 Å². The van der Waals surface area contributed by atoms with E-state index >= 15 is 0 Å². The number of rotatable bonds is 4. The van der Waals surface area contributed by atoms with Gasteiger partial charge < -0.3 is 19.4 Å². The summed E-state index contributed by atoms with van der Waals surface area (Å²) in [5, 5.41) is 11.4. The van der Waals surface area contributed by atoms with E-state index < -0.39 is 0 Å². The molecule has 6 rings (SSSR count). The van der Waals surface area contributed by atoms with Gasteiger partial charge in [-0.25, -0.2) is 0 Å². The molecule has 1 N–H and O–H groups in total. The monoisotopic (exact) mass is 380 g/mol. The average Bonchev–Trinajstić information content (AvgIpc) is 3.52. The first-order valence-electron chi connectivity index (χ1n) is 10.3. The molecule has 2 aliphatic heterocycles. The van der Waals surface area contributed by atoms with Crippen molar-refractivity contribution in [1.82, 2.24) is 15.1 Å². The van der Waals surface area contributed by atoms with Gasteiger partial charge in [-0.1, -0.05) is 23.3 Å². The Bertz CT molecular complexity index is 927. The second-order valence-electron chi connectivity index (χ2n) is 8.81. The smallest absolute Gasteiger partial charge is 0.316 e. The fourth-order valence-electron chi connectivity index (χ4n) is 4.93. The number of fused-ring (bicyclic) bond motifs is 3. The number of nitrogens with one attached hydrogen (secondary N) is 1. The van der Waals surface area contributed by atoms with Crippen molar-refractivity contribution in [3.05, 3.63) is 35.7 Å². The number of benzene rings is 1. The number of carbonyl (C=O) groups is 1. The van der Waals surface area contributed by atoms with E-state index in [4.69, 9.17) is 9.15 Å². The zero-order valence-electron chi connectivity index (χ0n) is 15.9. The lowest BCUT2D eigenvalue weighted by molar-refractivity contribution is -0.133. The number of anilines is 1. The molecule has 2 saturated carbocycles. The van der Waals surface area contributed by atoms with Crippen LogP contribution in [-0.4, -0.2) is 46.2 Å². The van der Waals surface area contributed by atoms with Crippen LogP contribution in [0.4, 0.5) is 6.01 Å². The number of carbonyl (C=O) groups excluding carboxylic acids is 1. The van der Waals surface area contributed by atoms with Gasteiger partial charge in [0.05, 0.1) is 5.92 Å². The standard InChI is InChI=1S/C21H24N4O3/c1-12(19(26)25-10-8-21(6-7-21)9-11-25)22-20-24-23-18(28-20)16-15-13-4-2-3-5-14(13)27-17(15)16/h2-5,12,15-17H,6-11H2,1H3,(H,22,24)/t12-,15+,16-,17+/m1/s1. The Kier molecular flexibility index (Phi) is 3.35. The van der Waals surface area contributed by atoms with Gasteiger partial charge >= 0.3 is 6.01 Å². The highest BCUT2D eigenvalue weighted by Crippen LogP contribution is 2.62. The van der Waals surface area contributed by atoms with Crippen LogP contribution in [-0.2, 0) is 4.79 Å². The molecule has 0 unspecified atom stereocenters. The molecule has 4 atom stereocenters. The van der Waals surface area contributed by atoms with Crippen molar-refractivity contribution in [1.29, 1.82) is 0 Å². The number of likely N-dealkylation sites (tertiary alicyclic amines) is 1. The molecule has 28 heavy (non-hydrogen) atoms. The number of amides is 1. The van der Waals surface area contributed by atoms with Gasteiger partial charge in [0, 0.05) is 24.6 Å². The highest BCUT2D eigenvalue weighted by Gasteiger charge is 2.62. The molecule has 1 saturated heterocycles. The summed E-state index contributed by atoms with van der Waals surface area (Å²) in [7, 11) is 0. The summed E-state index contributed by atoms with van der Waals surface area (Å²) >= 11 is 0. The van der Waals surface area contributed by atoms with E-state index in [0.29, 0.717) is 23.2 Å². The molecular weight excluding hydrogens is 356 g/mol. The number of para-hydroxylation sites is 1. The zero-order valence-corrected chi connectivity index (χ0v) is 15.9. The first kappa shape index (κ1) is 16.4. The molecule has 4 aliphatic rings. The summed E-state index contributed by atoms with van der Waals surface area (Å²) in [5.41, 5.74) is 1.78. The fourth-order valence-corrected chi connectivity index (χ4v) is 4.93. The van der Waals surface area contributed by atoms with Gasteiger partial charge in [-0.2, -0.15) is 0 Å². The second kappa shape index (κ2) is 5.72. The van der Waals surface area contributed by atoms with E-state index in [1.807, 2.05) is 30.0 Å². The van der Waals surface area contributed by atoms with Crippen LogP contribution >= 0.6 is 0 Å². The van der Waals surface area contributed by atoms with E-state index in [-0.39, 0.29) is 24.0 Å². The van der Waals surface area contributed by atoms with Gasteiger partial charge in [0.15, 0.2) is 0 Å². The van der Waals surface area contributed by atoms with Crippen molar-refractivity contribution in [3.63, 3.8) is 0 Å². The maximum Gasteiger partial charge on any atom is 0.316 e. The highest BCUT2D eigenvalue weighted by molar-refractivity contribution is 5.83. The molecule has 7 heteroatoms. The summed E-state index contributed by atoms with van der Waals surface area (Å²) in [6.07, 6.45) is 5.05. The fraction of sp³-hybridized carbons (Fsp3) is 0.571. The average molecular weight is 380 g/mol. The molecule has 2 aromatic rings. The quantitative estimate of drug-likeness (QED) is 0.878. The molecule has 0 radical (unpaired) electrons. The van der Waals surface area contributed by atoms with Gasteiger partial charge in [0.1, 0.15) is 17.9 Å². The van der Waals surface area contributed by atoms with E-state index in [0.717, 1.165) is 31.7 Å². The van der Waals surface area contributed by atoms with Crippen LogP contribution in [0.1, 0.15) is 55.9 Å². The lowest BCUT2D eigenvalue weighted by Gasteiger charge is -2.33. The van der Waals surface area contributed by atoms with Gasteiger partial charge in [-0.15, -0.1) is 5.10 Å². The topological polar surface area (TPSA) is 80.5 Å².